The summed E-state index contributed by atoms with van der Waals surface area (Å²) >= 11 is 5.72. The van der Waals surface area contributed by atoms with Crippen molar-refractivity contribution in [1.29, 1.82) is 0 Å². The molecule has 9 heteroatoms. The summed E-state index contributed by atoms with van der Waals surface area (Å²) in [6, 6.07) is 8.96. The van der Waals surface area contributed by atoms with Gasteiger partial charge in [0.25, 0.3) is 11.4 Å². The van der Waals surface area contributed by atoms with Gasteiger partial charge in [0.15, 0.2) is 0 Å². The van der Waals surface area contributed by atoms with Crippen LogP contribution < -0.4 is 0 Å². The number of nitro benzene ring substituents is 2. The van der Waals surface area contributed by atoms with Gasteiger partial charge in [-0.2, -0.15) is 0 Å². The van der Waals surface area contributed by atoms with Gasteiger partial charge in [-0.3, -0.25) is 20.2 Å². The fourth-order valence-corrected chi connectivity index (χ4v) is 2.88. The largest absolute Gasteiger partial charge is 0.292 e. The monoisotopic (exact) mass is 326 g/mol. The minimum atomic E-state index is -1.83. The molecule has 0 radical (unpaired) electrons. The molecule has 0 aliphatic heterocycles. The molecule has 0 heterocycles. The van der Waals surface area contributed by atoms with E-state index in [1.165, 1.54) is 24.3 Å². The maximum Gasteiger partial charge on any atom is 0.292 e. The first-order valence-electron chi connectivity index (χ1n) is 5.50. The number of hydrogen-bond acceptors (Lipinski definition) is 5. The number of nitrogens with zero attached hydrogens (tertiary/aromatic N) is 2. The lowest BCUT2D eigenvalue weighted by atomic mass is 10.3. The molecule has 2 aromatic rings. The second-order valence-corrected chi connectivity index (χ2v) is 5.77. The maximum atomic E-state index is 12.4. The van der Waals surface area contributed by atoms with Crippen LogP contribution in [0, 0.1) is 20.2 Å². The van der Waals surface area contributed by atoms with Gasteiger partial charge in [-0.05, 0) is 30.3 Å². The molecule has 0 aliphatic carbocycles. The fraction of sp³-hybridized carbons (Fsp3) is 0. The SMILES string of the molecule is O=[N+]([O-])c1ccc(S(=O)c2ccc(Cl)cc2)c([N+](=O)[O-])c1. The molecule has 0 amide bonds. The maximum absolute atomic E-state index is 12.4. The van der Waals surface area contributed by atoms with Crippen molar-refractivity contribution >= 4 is 33.8 Å². The highest BCUT2D eigenvalue weighted by molar-refractivity contribution is 7.85. The number of halogens is 1. The predicted molar refractivity (Wildman–Crippen MR) is 75.9 cm³/mol. The first kappa shape index (κ1) is 15.1. The number of hydrogen-bond donors (Lipinski definition) is 0. The van der Waals surface area contributed by atoms with Crippen molar-refractivity contribution in [1.82, 2.24) is 0 Å². The lowest BCUT2D eigenvalue weighted by molar-refractivity contribution is -0.396. The van der Waals surface area contributed by atoms with Gasteiger partial charge >= 0.3 is 0 Å². The van der Waals surface area contributed by atoms with E-state index in [1.807, 2.05) is 0 Å². The van der Waals surface area contributed by atoms with E-state index < -0.39 is 32.0 Å². The molecule has 0 saturated heterocycles. The molecular weight excluding hydrogens is 320 g/mol. The summed E-state index contributed by atoms with van der Waals surface area (Å²) < 4.78 is 12.4. The summed E-state index contributed by atoms with van der Waals surface area (Å²) in [7, 11) is -1.83. The Kier molecular flexibility index (Phi) is 4.29. The number of nitro groups is 2. The highest BCUT2D eigenvalue weighted by Gasteiger charge is 2.24. The van der Waals surface area contributed by atoms with Crippen molar-refractivity contribution in [3.8, 4) is 0 Å². The van der Waals surface area contributed by atoms with E-state index in [0.717, 1.165) is 18.2 Å². The molecule has 108 valence electrons. The Labute approximate surface area is 125 Å². The zero-order chi connectivity index (χ0) is 15.6. The van der Waals surface area contributed by atoms with Crippen molar-refractivity contribution in [2.45, 2.75) is 9.79 Å². The number of rotatable bonds is 4. The van der Waals surface area contributed by atoms with Crippen LogP contribution in [0.3, 0.4) is 0 Å². The molecule has 0 aliphatic rings. The zero-order valence-corrected chi connectivity index (χ0v) is 11.8. The molecule has 0 fully saturated rings. The number of benzene rings is 2. The van der Waals surface area contributed by atoms with Crippen molar-refractivity contribution in [3.63, 3.8) is 0 Å². The van der Waals surface area contributed by atoms with Crippen LogP contribution in [0.25, 0.3) is 0 Å². The predicted octanol–water partition coefficient (Wildman–Crippen LogP) is 3.32. The van der Waals surface area contributed by atoms with E-state index in [-0.39, 0.29) is 4.90 Å². The Balaban J connectivity index is 2.52. The fourth-order valence-electron chi connectivity index (χ4n) is 1.60. The molecule has 0 N–H and O–H groups in total. The summed E-state index contributed by atoms with van der Waals surface area (Å²) in [5.74, 6) is 0. The van der Waals surface area contributed by atoms with Crippen LogP contribution in [-0.4, -0.2) is 14.1 Å². The van der Waals surface area contributed by atoms with Crippen LogP contribution in [0.4, 0.5) is 11.4 Å². The summed E-state index contributed by atoms with van der Waals surface area (Å²) in [6.07, 6.45) is 0. The van der Waals surface area contributed by atoms with Crippen LogP contribution >= 0.6 is 11.6 Å². The summed E-state index contributed by atoms with van der Waals surface area (Å²) in [4.78, 5) is 20.3. The van der Waals surface area contributed by atoms with Gasteiger partial charge in [0, 0.05) is 16.0 Å². The molecule has 1 atom stereocenters. The Bertz CT molecular complexity index is 748. The second-order valence-electron chi connectivity index (χ2n) is 3.89. The Morgan fingerprint density at radius 1 is 0.952 bits per heavy atom. The summed E-state index contributed by atoms with van der Waals surface area (Å²) in [6.45, 7) is 0. The van der Waals surface area contributed by atoms with Crippen molar-refractivity contribution in [2.75, 3.05) is 0 Å². The van der Waals surface area contributed by atoms with E-state index >= 15 is 0 Å². The first-order chi connectivity index (χ1) is 9.90. The van der Waals surface area contributed by atoms with Gasteiger partial charge in [0.1, 0.15) is 4.90 Å². The van der Waals surface area contributed by atoms with Gasteiger partial charge in [0.05, 0.1) is 26.7 Å². The van der Waals surface area contributed by atoms with Crippen molar-refractivity contribution in [2.24, 2.45) is 0 Å². The smallest absolute Gasteiger partial charge is 0.258 e. The molecule has 2 rings (SSSR count). The Morgan fingerprint density at radius 3 is 2.10 bits per heavy atom. The van der Waals surface area contributed by atoms with E-state index in [9.17, 15) is 24.4 Å². The normalized spacial score (nSPS) is 11.9. The van der Waals surface area contributed by atoms with E-state index in [1.54, 1.807) is 0 Å². The average Bonchev–Trinajstić information content (AvgIpc) is 2.46. The van der Waals surface area contributed by atoms with Gasteiger partial charge in [-0.15, -0.1) is 0 Å². The van der Waals surface area contributed by atoms with Crippen LogP contribution in [0.15, 0.2) is 52.3 Å². The second kappa shape index (κ2) is 5.98. The van der Waals surface area contributed by atoms with Crippen molar-refractivity contribution < 1.29 is 14.1 Å². The van der Waals surface area contributed by atoms with Gasteiger partial charge in [-0.25, -0.2) is 4.21 Å². The molecule has 7 nitrogen and oxygen atoms in total. The third kappa shape index (κ3) is 3.23. The van der Waals surface area contributed by atoms with E-state index in [2.05, 4.69) is 0 Å². The Morgan fingerprint density at radius 2 is 1.57 bits per heavy atom. The highest BCUT2D eigenvalue weighted by Crippen LogP contribution is 2.30. The van der Waals surface area contributed by atoms with Crippen molar-refractivity contribution in [3.05, 3.63) is 67.7 Å². The minimum absolute atomic E-state index is 0.104. The standard InChI is InChI=1S/C12H7ClN2O5S/c13-8-1-4-10(5-2-8)21(20)12-6-3-9(14(16)17)7-11(12)15(18)19/h1-7H. The molecule has 0 spiro atoms. The Hall–Kier alpha value is -2.32. The molecular formula is C12H7ClN2O5S. The van der Waals surface area contributed by atoms with E-state index in [0.29, 0.717) is 9.92 Å². The van der Waals surface area contributed by atoms with Gasteiger partial charge < -0.3 is 0 Å². The number of non-ortho nitro benzene ring substituents is 1. The van der Waals surface area contributed by atoms with Crippen LogP contribution in [0.5, 0.6) is 0 Å². The third-order valence-electron chi connectivity index (χ3n) is 2.58. The molecule has 0 aromatic heterocycles. The van der Waals surface area contributed by atoms with Gasteiger partial charge in [-0.1, -0.05) is 11.6 Å². The van der Waals surface area contributed by atoms with E-state index in [4.69, 9.17) is 11.6 Å². The zero-order valence-electron chi connectivity index (χ0n) is 10.3. The molecule has 1 unspecified atom stereocenters. The first-order valence-corrected chi connectivity index (χ1v) is 7.03. The lowest BCUT2D eigenvalue weighted by Crippen LogP contribution is -2.00. The van der Waals surface area contributed by atoms with Crippen LogP contribution in [0.1, 0.15) is 0 Å². The van der Waals surface area contributed by atoms with Crippen LogP contribution in [-0.2, 0) is 10.8 Å². The summed E-state index contributed by atoms with van der Waals surface area (Å²) in [5.41, 5.74) is -0.990. The van der Waals surface area contributed by atoms with Gasteiger partial charge in [0.2, 0.25) is 0 Å². The highest BCUT2D eigenvalue weighted by atomic mass is 35.5. The third-order valence-corrected chi connectivity index (χ3v) is 4.27. The topological polar surface area (TPSA) is 103 Å². The average molecular weight is 327 g/mol. The lowest BCUT2D eigenvalue weighted by Gasteiger charge is -2.04. The quantitative estimate of drug-likeness (QED) is 0.633. The molecule has 21 heavy (non-hydrogen) atoms. The minimum Gasteiger partial charge on any atom is -0.258 e. The molecule has 0 saturated carbocycles. The molecule has 2 aromatic carbocycles. The molecule has 0 bridgehead atoms. The summed E-state index contributed by atoms with van der Waals surface area (Å²) in [5, 5.41) is 22.1. The van der Waals surface area contributed by atoms with Crippen LogP contribution in [0.2, 0.25) is 5.02 Å².